The molecule has 1 aromatic heterocycles. The minimum absolute atomic E-state index is 0.0235. The summed E-state index contributed by atoms with van der Waals surface area (Å²) in [6, 6.07) is 3.36. The lowest BCUT2D eigenvalue weighted by Crippen LogP contribution is -2.40. The second kappa shape index (κ2) is 6.73. The Labute approximate surface area is 113 Å². The smallest absolute Gasteiger partial charge is 0.250 e. The number of nitrogens with zero attached hydrogens (tertiary/aromatic N) is 2. The topological polar surface area (TPSA) is 71.5 Å². The molecular weight excluding hydrogens is 242 g/mol. The van der Waals surface area contributed by atoms with Gasteiger partial charge in [-0.25, -0.2) is 0 Å². The van der Waals surface area contributed by atoms with Gasteiger partial charge in [0.2, 0.25) is 0 Å². The van der Waals surface area contributed by atoms with Gasteiger partial charge in [-0.05, 0) is 25.5 Å². The Morgan fingerprint density at radius 1 is 1.26 bits per heavy atom. The Morgan fingerprint density at radius 2 is 2.11 bits per heavy atom. The number of pyridine rings is 1. The van der Waals surface area contributed by atoms with Crippen LogP contribution < -0.4 is 11.3 Å². The van der Waals surface area contributed by atoms with E-state index in [0.717, 1.165) is 19.5 Å². The number of hydrogen-bond donors (Lipinski definition) is 2. The molecule has 1 atom stereocenters. The summed E-state index contributed by atoms with van der Waals surface area (Å²) in [6.07, 6.45) is 6.31. The summed E-state index contributed by atoms with van der Waals surface area (Å²) in [5.41, 5.74) is 6.28. The van der Waals surface area contributed by atoms with Crippen molar-refractivity contribution in [3.05, 3.63) is 28.7 Å². The summed E-state index contributed by atoms with van der Waals surface area (Å²) < 4.78 is 1.65. The van der Waals surface area contributed by atoms with Crippen LogP contribution in [-0.4, -0.2) is 40.3 Å². The minimum Gasteiger partial charge on any atom is -0.398 e. The lowest BCUT2D eigenvalue weighted by atomic mass is 10.1. The molecule has 2 rings (SSSR count). The van der Waals surface area contributed by atoms with Gasteiger partial charge in [-0.2, -0.15) is 0 Å². The van der Waals surface area contributed by atoms with Crippen LogP contribution in [-0.2, 0) is 6.54 Å². The number of likely N-dealkylation sites (tertiary alicyclic amines) is 1. The van der Waals surface area contributed by atoms with Crippen molar-refractivity contribution in [1.29, 1.82) is 0 Å². The summed E-state index contributed by atoms with van der Waals surface area (Å²) in [4.78, 5) is 14.0. The number of hydrogen-bond acceptors (Lipinski definition) is 4. The fourth-order valence-corrected chi connectivity index (χ4v) is 2.70. The number of nitrogen functional groups attached to an aromatic ring is 1. The van der Waals surface area contributed by atoms with Crippen LogP contribution in [0.2, 0.25) is 0 Å². The van der Waals surface area contributed by atoms with Crippen LogP contribution in [0.25, 0.3) is 0 Å². The van der Waals surface area contributed by atoms with Crippen molar-refractivity contribution in [2.24, 2.45) is 0 Å². The number of aliphatic hydroxyl groups excluding tert-OH is 1. The fourth-order valence-electron chi connectivity index (χ4n) is 2.70. The summed E-state index contributed by atoms with van der Waals surface area (Å²) >= 11 is 0. The van der Waals surface area contributed by atoms with Gasteiger partial charge in [0.15, 0.2) is 0 Å². The Bertz CT molecular complexity index is 458. The van der Waals surface area contributed by atoms with Crippen LogP contribution in [0.5, 0.6) is 0 Å². The van der Waals surface area contributed by atoms with Gasteiger partial charge >= 0.3 is 0 Å². The van der Waals surface area contributed by atoms with E-state index in [0.29, 0.717) is 12.2 Å². The molecule has 0 saturated carbocycles. The molecule has 1 saturated heterocycles. The standard InChI is InChI=1S/C14H23N3O2/c15-12-5-6-14(19)17(10-12)9-8-16-7-3-1-2-4-13(16)11-18/h5-6,10,13,18H,1-4,7-9,11,15H2. The Balaban J connectivity index is 1.99. The molecule has 19 heavy (non-hydrogen) atoms. The highest BCUT2D eigenvalue weighted by Crippen LogP contribution is 2.16. The van der Waals surface area contributed by atoms with Crippen molar-refractivity contribution in [2.45, 2.75) is 38.3 Å². The molecule has 3 N–H and O–H groups in total. The first kappa shape index (κ1) is 14.1. The third kappa shape index (κ3) is 3.81. The average molecular weight is 265 g/mol. The summed E-state index contributed by atoms with van der Waals surface area (Å²) in [6.45, 7) is 2.61. The molecule has 1 aromatic rings. The predicted octanol–water partition coefficient (Wildman–Crippen LogP) is 0.667. The van der Waals surface area contributed by atoms with Gasteiger partial charge < -0.3 is 15.4 Å². The quantitative estimate of drug-likeness (QED) is 0.839. The molecule has 1 fully saturated rings. The van der Waals surface area contributed by atoms with E-state index in [9.17, 15) is 9.90 Å². The Morgan fingerprint density at radius 3 is 2.89 bits per heavy atom. The number of aliphatic hydroxyl groups is 1. The van der Waals surface area contributed by atoms with E-state index in [1.165, 1.54) is 25.3 Å². The zero-order valence-electron chi connectivity index (χ0n) is 11.3. The van der Waals surface area contributed by atoms with E-state index in [4.69, 9.17) is 5.73 Å². The summed E-state index contributed by atoms with van der Waals surface area (Å²) in [5.74, 6) is 0. The van der Waals surface area contributed by atoms with Crippen LogP contribution in [0.3, 0.4) is 0 Å². The van der Waals surface area contributed by atoms with Crippen LogP contribution in [0.1, 0.15) is 25.7 Å². The van der Waals surface area contributed by atoms with Gasteiger partial charge in [0, 0.05) is 37.1 Å². The van der Waals surface area contributed by atoms with E-state index in [1.807, 2.05) is 0 Å². The zero-order chi connectivity index (χ0) is 13.7. The maximum absolute atomic E-state index is 11.7. The highest BCUT2D eigenvalue weighted by Gasteiger charge is 2.19. The first-order valence-electron chi connectivity index (χ1n) is 7.01. The normalized spacial score (nSPS) is 21.2. The molecule has 5 nitrogen and oxygen atoms in total. The first-order valence-corrected chi connectivity index (χ1v) is 7.01. The van der Waals surface area contributed by atoms with Crippen LogP contribution >= 0.6 is 0 Å². The van der Waals surface area contributed by atoms with Crippen molar-refractivity contribution in [3.63, 3.8) is 0 Å². The van der Waals surface area contributed by atoms with E-state index >= 15 is 0 Å². The number of aromatic nitrogens is 1. The molecule has 1 aliphatic heterocycles. The van der Waals surface area contributed by atoms with E-state index in [1.54, 1.807) is 16.8 Å². The zero-order valence-corrected chi connectivity index (χ0v) is 11.3. The van der Waals surface area contributed by atoms with Gasteiger partial charge in [-0.15, -0.1) is 0 Å². The molecule has 0 aliphatic carbocycles. The van der Waals surface area contributed by atoms with Gasteiger partial charge in [0.05, 0.1) is 6.61 Å². The van der Waals surface area contributed by atoms with Crippen LogP contribution in [0.15, 0.2) is 23.1 Å². The number of rotatable bonds is 4. The molecule has 106 valence electrons. The summed E-state index contributed by atoms with van der Waals surface area (Å²) in [5, 5.41) is 9.45. The van der Waals surface area contributed by atoms with Gasteiger partial charge in [-0.3, -0.25) is 9.69 Å². The SMILES string of the molecule is Nc1ccc(=O)n(CCN2CCCCCC2CO)c1. The van der Waals surface area contributed by atoms with Crippen molar-refractivity contribution in [2.75, 3.05) is 25.4 Å². The largest absolute Gasteiger partial charge is 0.398 e. The second-order valence-electron chi connectivity index (χ2n) is 5.22. The molecular formula is C14H23N3O2. The van der Waals surface area contributed by atoms with Gasteiger partial charge in [0.1, 0.15) is 0 Å². The highest BCUT2D eigenvalue weighted by atomic mass is 16.3. The average Bonchev–Trinajstić information content (AvgIpc) is 2.64. The third-order valence-electron chi connectivity index (χ3n) is 3.84. The highest BCUT2D eigenvalue weighted by molar-refractivity contribution is 5.33. The lowest BCUT2D eigenvalue weighted by molar-refractivity contribution is 0.120. The molecule has 1 unspecified atom stereocenters. The molecule has 0 spiro atoms. The van der Waals surface area contributed by atoms with E-state index < -0.39 is 0 Å². The van der Waals surface area contributed by atoms with Crippen molar-refractivity contribution in [1.82, 2.24) is 9.47 Å². The van der Waals surface area contributed by atoms with Gasteiger partial charge in [-0.1, -0.05) is 12.8 Å². The van der Waals surface area contributed by atoms with E-state index in [-0.39, 0.29) is 18.2 Å². The minimum atomic E-state index is -0.0235. The van der Waals surface area contributed by atoms with Gasteiger partial charge in [0.25, 0.3) is 5.56 Å². The monoisotopic (exact) mass is 265 g/mol. The Hall–Kier alpha value is -1.33. The predicted molar refractivity (Wildman–Crippen MR) is 76.0 cm³/mol. The molecule has 0 bridgehead atoms. The fraction of sp³-hybridized carbons (Fsp3) is 0.643. The second-order valence-corrected chi connectivity index (χ2v) is 5.22. The molecule has 0 radical (unpaired) electrons. The van der Waals surface area contributed by atoms with Crippen LogP contribution in [0.4, 0.5) is 5.69 Å². The molecule has 5 heteroatoms. The molecule has 1 aliphatic rings. The lowest BCUT2D eigenvalue weighted by Gasteiger charge is -2.28. The maximum Gasteiger partial charge on any atom is 0.250 e. The van der Waals surface area contributed by atoms with Crippen molar-refractivity contribution in [3.8, 4) is 0 Å². The molecule has 0 amide bonds. The molecule has 2 heterocycles. The first-order chi connectivity index (χ1) is 9.20. The maximum atomic E-state index is 11.7. The summed E-state index contributed by atoms with van der Waals surface area (Å²) in [7, 11) is 0. The van der Waals surface area contributed by atoms with E-state index in [2.05, 4.69) is 4.90 Å². The van der Waals surface area contributed by atoms with Crippen molar-refractivity contribution >= 4 is 5.69 Å². The molecule has 0 aromatic carbocycles. The third-order valence-corrected chi connectivity index (χ3v) is 3.84. The Kier molecular flexibility index (Phi) is 4.99. The van der Waals surface area contributed by atoms with Crippen LogP contribution in [0, 0.1) is 0 Å². The van der Waals surface area contributed by atoms with Crippen molar-refractivity contribution < 1.29 is 5.11 Å². The number of anilines is 1. The number of nitrogens with two attached hydrogens (primary N) is 1.